The van der Waals surface area contributed by atoms with Crippen LogP contribution in [0.25, 0.3) is 0 Å². The lowest BCUT2D eigenvalue weighted by Gasteiger charge is -2.35. The molecule has 1 heterocycles. The number of hydrogen-bond acceptors (Lipinski definition) is 2. The molecule has 1 rings (SSSR count). The third kappa shape index (κ3) is 3.89. The lowest BCUT2D eigenvalue weighted by molar-refractivity contribution is 0.131. The van der Waals surface area contributed by atoms with Crippen molar-refractivity contribution < 1.29 is 4.79 Å². The Labute approximate surface area is 110 Å². The Morgan fingerprint density at radius 3 is 2.78 bits per heavy atom. The van der Waals surface area contributed by atoms with Gasteiger partial charge in [0.1, 0.15) is 0 Å². The number of hydrogen-bond donors (Lipinski definition) is 2. The van der Waals surface area contributed by atoms with Crippen molar-refractivity contribution in [3.05, 3.63) is 0 Å². The Morgan fingerprint density at radius 1 is 1.61 bits per heavy atom. The van der Waals surface area contributed by atoms with E-state index in [0.717, 1.165) is 19.5 Å². The smallest absolute Gasteiger partial charge is 0.320 e. The van der Waals surface area contributed by atoms with E-state index in [0.29, 0.717) is 19.0 Å². The SMILES string of the molecule is CCN(CC(C)C(=N)N)C(=O)N1CCCC(C)C1. The zero-order chi connectivity index (χ0) is 13.7. The number of rotatable bonds is 4. The number of nitrogens with one attached hydrogen (secondary N) is 1. The van der Waals surface area contributed by atoms with E-state index in [1.807, 2.05) is 18.7 Å². The molecular weight excluding hydrogens is 228 g/mol. The van der Waals surface area contributed by atoms with Crippen LogP contribution in [0.15, 0.2) is 0 Å². The van der Waals surface area contributed by atoms with Crippen molar-refractivity contribution in [2.75, 3.05) is 26.2 Å². The first-order valence-electron chi connectivity index (χ1n) is 6.83. The lowest BCUT2D eigenvalue weighted by atomic mass is 10.0. The molecule has 2 atom stereocenters. The third-order valence-corrected chi connectivity index (χ3v) is 3.60. The highest BCUT2D eigenvalue weighted by Crippen LogP contribution is 2.17. The van der Waals surface area contributed by atoms with Gasteiger partial charge in [-0.1, -0.05) is 13.8 Å². The number of urea groups is 1. The molecule has 18 heavy (non-hydrogen) atoms. The van der Waals surface area contributed by atoms with Gasteiger partial charge in [-0.15, -0.1) is 0 Å². The summed E-state index contributed by atoms with van der Waals surface area (Å²) in [5.74, 6) is 0.663. The molecule has 1 aliphatic heterocycles. The van der Waals surface area contributed by atoms with Gasteiger partial charge in [0.25, 0.3) is 0 Å². The van der Waals surface area contributed by atoms with Gasteiger partial charge in [-0.3, -0.25) is 5.41 Å². The molecule has 0 aromatic heterocycles. The molecule has 5 heteroatoms. The predicted octanol–water partition coefficient (Wildman–Crippen LogP) is 1.73. The Hall–Kier alpha value is -1.26. The minimum atomic E-state index is -0.0730. The monoisotopic (exact) mass is 254 g/mol. The van der Waals surface area contributed by atoms with Crippen molar-refractivity contribution in [2.24, 2.45) is 17.6 Å². The van der Waals surface area contributed by atoms with E-state index in [1.165, 1.54) is 6.42 Å². The number of amides is 2. The van der Waals surface area contributed by atoms with E-state index in [2.05, 4.69) is 6.92 Å². The largest absolute Gasteiger partial charge is 0.387 e. The van der Waals surface area contributed by atoms with Gasteiger partial charge in [-0.05, 0) is 25.7 Å². The summed E-state index contributed by atoms with van der Waals surface area (Å²) in [7, 11) is 0. The highest BCUT2D eigenvalue weighted by Gasteiger charge is 2.25. The van der Waals surface area contributed by atoms with Gasteiger partial charge in [-0.25, -0.2) is 4.79 Å². The first-order chi connectivity index (χ1) is 8.45. The minimum absolute atomic E-state index is 0.0730. The topological polar surface area (TPSA) is 73.4 Å². The predicted molar refractivity (Wildman–Crippen MR) is 73.7 cm³/mol. The summed E-state index contributed by atoms with van der Waals surface area (Å²) in [4.78, 5) is 16.1. The molecule has 1 aliphatic rings. The molecule has 0 bridgehead atoms. The van der Waals surface area contributed by atoms with Crippen LogP contribution >= 0.6 is 0 Å². The van der Waals surface area contributed by atoms with Gasteiger partial charge in [0.05, 0.1) is 5.84 Å². The van der Waals surface area contributed by atoms with Crippen molar-refractivity contribution in [2.45, 2.75) is 33.6 Å². The van der Waals surface area contributed by atoms with Crippen LogP contribution in [0.3, 0.4) is 0 Å². The normalized spacial score (nSPS) is 21.5. The maximum absolute atomic E-state index is 12.4. The zero-order valence-corrected chi connectivity index (χ0v) is 11.8. The second kappa shape index (κ2) is 6.61. The molecular formula is C13H26N4O. The molecule has 2 amide bonds. The maximum Gasteiger partial charge on any atom is 0.320 e. The summed E-state index contributed by atoms with van der Waals surface area (Å²) in [5.41, 5.74) is 5.47. The molecule has 2 unspecified atom stereocenters. The molecule has 5 nitrogen and oxygen atoms in total. The number of carbonyl (C=O) groups is 1. The molecule has 0 spiro atoms. The van der Waals surface area contributed by atoms with Gasteiger partial charge in [0.2, 0.25) is 0 Å². The van der Waals surface area contributed by atoms with Crippen LogP contribution in [0.4, 0.5) is 4.79 Å². The average Bonchev–Trinajstić information content (AvgIpc) is 2.34. The van der Waals surface area contributed by atoms with E-state index in [1.54, 1.807) is 4.90 Å². The van der Waals surface area contributed by atoms with Crippen LogP contribution in [-0.4, -0.2) is 47.8 Å². The Morgan fingerprint density at radius 2 is 2.28 bits per heavy atom. The number of nitrogens with zero attached hydrogens (tertiary/aromatic N) is 2. The fraction of sp³-hybridized carbons (Fsp3) is 0.846. The number of likely N-dealkylation sites (tertiary alicyclic amines) is 1. The minimum Gasteiger partial charge on any atom is -0.387 e. The van der Waals surface area contributed by atoms with Crippen molar-refractivity contribution >= 4 is 11.9 Å². The van der Waals surface area contributed by atoms with Crippen LogP contribution in [0, 0.1) is 17.2 Å². The van der Waals surface area contributed by atoms with Crippen LogP contribution in [0.1, 0.15) is 33.6 Å². The lowest BCUT2D eigenvalue weighted by Crippen LogP contribution is -2.49. The molecule has 0 aliphatic carbocycles. The van der Waals surface area contributed by atoms with Gasteiger partial charge in [0, 0.05) is 32.1 Å². The summed E-state index contributed by atoms with van der Waals surface area (Å²) in [5, 5.41) is 7.41. The van der Waals surface area contributed by atoms with Gasteiger partial charge < -0.3 is 15.5 Å². The van der Waals surface area contributed by atoms with E-state index in [9.17, 15) is 4.79 Å². The number of nitrogens with two attached hydrogens (primary N) is 1. The molecule has 0 aromatic carbocycles. The molecule has 0 saturated carbocycles. The molecule has 0 aromatic rings. The average molecular weight is 254 g/mol. The molecule has 3 N–H and O–H groups in total. The van der Waals surface area contributed by atoms with Gasteiger partial charge >= 0.3 is 6.03 Å². The first kappa shape index (κ1) is 14.8. The summed E-state index contributed by atoms with van der Waals surface area (Å²) in [6.45, 7) is 8.96. The van der Waals surface area contributed by atoms with Crippen molar-refractivity contribution in [3.8, 4) is 0 Å². The number of amidine groups is 1. The zero-order valence-electron chi connectivity index (χ0n) is 11.8. The van der Waals surface area contributed by atoms with Crippen LogP contribution in [-0.2, 0) is 0 Å². The quantitative estimate of drug-likeness (QED) is 0.592. The summed E-state index contributed by atoms with van der Waals surface area (Å²) in [6.07, 6.45) is 2.30. The highest BCUT2D eigenvalue weighted by molar-refractivity contribution is 5.80. The number of carbonyl (C=O) groups excluding carboxylic acids is 1. The van der Waals surface area contributed by atoms with E-state index in [-0.39, 0.29) is 17.8 Å². The summed E-state index contributed by atoms with van der Waals surface area (Å²) >= 11 is 0. The second-order valence-corrected chi connectivity index (χ2v) is 5.37. The molecule has 1 saturated heterocycles. The highest BCUT2D eigenvalue weighted by atomic mass is 16.2. The summed E-state index contributed by atoms with van der Waals surface area (Å²) < 4.78 is 0. The first-order valence-corrected chi connectivity index (χ1v) is 6.83. The fourth-order valence-corrected chi connectivity index (χ4v) is 2.33. The van der Waals surface area contributed by atoms with Crippen LogP contribution in [0.5, 0.6) is 0 Å². The van der Waals surface area contributed by atoms with Crippen molar-refractivity contribution in [1.82, 2.24) is 9.80 Å². The van der Waals surface area contributed by atoms with Gasteiger partial charge in [-0.2, -0.15) is 0 Å². The third-order valence-electron chi connectivity index (χ3n) is 3.60. The van der Waals surface area contributed by atoms with Gasteiger partial charge in [0.15, 0.2) is 0 Å². The van der Waals surface area contributed by atoms with Crippen LogP contribution in [0.2, 0.25) is 0 Å². The Balaban J connectivity index is 2.58. The van der Waals surface area contributed by atoms with E-state index < -0.39 is 0 Å². The summed E-state index contributed by atoms with van der Waals surface area (Å²) in [6, 6.07) is 0.0946. The van der Waals surface area contributed by atoms with Crippen LogP contribution < -0.4 is 5.73 Å². The van der Waals surface area contributed by atoms with E-state index >= 15 is 0 Å². The molecule has 1 fully saturated rings. The van der Waals surface area contributed by atoms with Crippen molar-refractivity contribution in [3.63, 3.8) is 0 Å². The Kier molecular flexibility index (Phi) is 5.44. The Bertz CT molecular complexity index is 305. The molecule has 0 radical (unpaired) electrons. The van der Waals surface area contributed by atoms with E-state index in [4.69, 9.17) is 11.1 Å². The fourth-order valence-electron chi connectivity index (χ4n) is 2.33. The number of piperidine rings is 1. The standard InChI is InChI=1S/C13H26N4O/c1-4-16(9-11(3)12(14)15)13(18)17-7-5-6-10(2)8-17/h10-11H,4-9H2,1-3H3,(H3,14,15). The second-order valence-electron chi connectivity index (χ2n) is 5.37. The maximum atomic E-state index is 12.4. The van der Waals surface area contributed by atoms with Crippen molar-refractivity contribution in [1.29, 1.82) is 5.41 Å². The molecule has 104 valence electrons.